The van der Waals surface area contributed by atoms with Crippen LogP contribution in [-0.2, 0) is 9.59 Å². The highest BCUT2D eigenvalue weighted by atomic mass is 16.1. The zero-order chi connectivity index (χ0) is 11.4. The zero-order valence-corrected chi connectivity index (χ0v) is 9.89. The number of rotatable bonds is 1. The minimum Gasteiger partial charge on any atom is -0.299 e. The second kappa shape index (κ2) is 2.81. The molecule has 2 unspecified atom stereocenters. The molecule has 0 aromatic heterocycles. The molecule has 2 heteroatoms. The van der Waals surface area contributed by atoms with Gasteiger partial charge in [0.2, 0.25) is 0 Å². The number of carbonyl (C=O) groups excluding carboxylic acids is 2. The maximum absolute atomic E-state index is 11.8. The van der Waals surface area contributed by atoms with Gasteiger partial charge in [0, 0.05) is 17.8 Å². The summed E-state index contributed by atoms with van der Waals surface area (Å²) in [7, 11) is 0. The summed E-state index contributed by atoms with van der Waals surface area (Å²) >= 11 is 0. The Kier molecular flexibility index (Phi) is 1.98. The fourth-order valence-electron chi connectivity index (χ4n) is 3.11. The molecule has 15 heavy (non-hydrogen) atoms. The van der Waals surface area contributed by atoms with E-state index in [1.54, 1.807) is 6.92 Å². The van der Waals surface area contributed by atoms with Gasteiger partial charge in [0.25, 0.3) is 0 Å². The normalized spacial score (nSPS) is 37.7. The van der Waals surface area contributed by atoms with Crippen molar-refractivity contribution >= 4 is 11.6 Å². The number of Topliss-reactive ketones (excluding diaryl/α,β-unsaturated/α-hetero) is 2. The number of carbonyl (C=O) groups is 2. The van der Waals surface area contributed by atoms with Gasteiger partial charge in [-0.05, 0) is 24.3 Å². The molecule has 3 rings (SSSR count). The van der Waals surface area contributed by atoms with Crippen LogP contribution in [-0.4, -0.2) is 11.6 Å². The lowest BCUT2D eigenvalue weighted by Gasteiger charge is -2.54. The maximum Gasteiger partial charge on any atom is 0.156 e. The first-order valence-corrected chi connectivity index (χ1v) is 5.54. The molecule has 3 aliphatic rings. The lowest BCUT2D eigenvalue weighted by atomic mass is 9.48. The predicted molar refractivity (Wildman–Crippen MR) is 58.4 cm³/mol. The van der Waals surface area contributed by atoms with Crippen molar-refractivity contribution in [1.82, 2.24) is 0 Å². The SMILES string of the molecule is CC(=O)C1=CC2CC(C)(C)C1(C)CC2=O. The first-order chi connectivity index (χ1) is 6.78. The second-order valence-corrected chi connectivity index (χ2v) is 5.81. The molecule has 2 atom stereocenters. The molecule has 0 aromatic carbocycles. The van der Waals surface area contributed by atoms with Gasteiger partial charge in [-0.2, -0.15) is 0 Å². The van der Waals surface area contributed by atoms with E-state index in [4.69, 9.17) is 0 Å². The molecule has 0 heterocycles. The third kappa shape index (κ3) is 1.23. The summed E-state index contributed by atoms with van der Waals surface area (Å²) in [6.07, 6.45) is 3.34. The zero-order valence-electron chi connectivity index (χ0n) is 9.89. The summed E-state index contributed by atoms with van der Waals surface area (Å²) in [5.41, 5.74) is 0.690. The first-order valence-electron chi connectivity index (χ1n) is 5.54. The van der Waals surface area contributed by atoms with E-state index in [2.05, 4.69) is 20.8 Å². The van der Waals surface area contributed by atoms with Crippen molar-refractivity contribution in [3.8, 4) is 0 Å². The highest BCUT2D eigenvalue weighted by molar-refractivity contribution is 6.00. The molecule has 0 N–H and O–H groups in total. The Bertz CT molecular complexity index is 376. The minimum atomic E-state index is -0.245. The van der Waals surface area contributed by atoms with Crippen molar-refractivity contribution in [3.63, 3.8) is 0 Å². The van der Waals surface area contributed by atoms with Gasteiger partial charge in [0.05, 0.1) is 0 Å². The quantitative estimate of drug-likeness (QED) is 0.660. The van der Waals surface area contributed by atoms with E-state index in [-0.39, 0.29) is 22.5 Å². The lowest BCUT2D eigenvalue weighted by molar-refractivity contribution is -0.134. The number of fused-ring (bicyclic) bond motifs is 2. The molecule has 2 nitrogen and oxygen atoms in total. The Morgan fingerprint density at radius 1 is 1.40 bits per heavy atom. The Balaban J connectivity index is 2.57. The predicted octanol–water partition coefficient (Wildman–Crippen LogP) is 2.53. The molecule has 1 saturated carbocycles. The maximum atomic E-state index is 11.8. The summed E-state index contributed by atoms with van der Waals surface area (Å²) in [4.78, 5) is 23.4. The summed E-state index contributed by atoms with van der Waals surface area (Å²) in [6.45, 7) is 8.01. The minimum absolute atomic E-state index is 0.0132. The molecule has 1 fully saturated rings. The van der Waals surface area contributed by atoms with Gasteiger partial charge in [-0.25, -0.2) is 0 Å². The van der Waals surface area contributed by atoms with Crippen molar-refractivity contribution in [2.24, 2.45) is 16.7 Å². The van der Waals surface area contributed by atoms with Crippen LogP contribution in [0.15, 0.2) is 11.6 Å². The Hall–Kier alpha value is -0.920. The van der Waals surface area contributed by atoms with Crippen molar-refractivity contribution in [2.45, 2.75) is 40.5 Å². The van der Waals surface area contributed by atoms with Gasteiger partial charge in [-0.3, -0.25) is 9.59 Å². The summed E-state index contributed by atoms with van der Waals surface area (Å²) in [5, 5.41) is 0. The average molecular weight is 206 g/mol. The molecular weight excluding hydrogens is 188 g/mol. The van der Waals surface area contributed by atoms with E-state index in [9.17, 15) is 9.59 Å². The molecular formula is C13H18O2. The van der Waals surface area contributed by atoms with E-state index in [0.29, 0.717) is 12.2 Å². The van der Waals surface area contributed by atoms with Crippen molar-refractivity contribution in [2.75, 3.05) is 0 Å². The van der Waals surface area contributed by atoms with Gasteiger partial charge >= 0.3 is 0 Å². The van der Waals surface area contributed by atoms with Gasteiger partial charge in [-0.1, -0.05) is 26.8 Å². The second-order valence-electron chi connectivity index (χ2n) is 5.81. The van der Waals surface area contributed by atoms with E-state index in [0.717, 1.165) is 12.0 Å². The van der Waals surface area contributed by atoms with E-state index in [1.165, 1.54) is 0 Å². The fraction of sp³-hybridized carbons (Fsp3) is 0.692. The average Bonchev–Trinajstić information content (AvgIpc) is 2.06. The Labute approximate surface area is 90.7 Å². The van der Waals surface area contributed by atoms with Gasteiger partial charge in [0.1, 0.15) is 5.78 Å². The van der Waals surface area contributed by atoms with E-state index < -0.39 is 0 Å². The highest BCUT2D eigenvalue weighted by Gasteiger charge is 2.55. The fourth-order valence-corrected chi connectivity index (χ4v) is 3.11. The third-order valence-electron chi connectivity index (χ3n) is 4.51. The Morgan fingerprint density at radius 2 is 2.00 bits per heavy atom. The standard InChI is InChI=1S/C13H18O2/c1-8(14)10-5-9-6-12(2,3)13(10,4)7-11(9)15/h5,9H,6-7H2,1-4H3. The van der Waals surface area contributed by atoms with Crippen LogP contribution in [0.1, 0.15) is 40.5 Å². The third-order valence-corrected chi connectivity index (χ3v) is 4.51. The van der Waals surface area contributed by atoms with Crippen molar-refractivity contribution in [3.05, 3.63) is 11.6 Å². The molecule has 0 radical (unpaired) electrons. The van der Waals surface area contributed by atoms with Crippen LogP contribution >= 0.6 is 0 Å². The van der Waals surface area contributed by atoms with Crippen LogP contribution in [0.5, 0.6) is 0 Å². The summed E-state index contributed by atoms with van der Waals surface area (Å²) < 4.78 is 0. The summed E-state index contributed by atoms with van der Waals surface area (Å²) in [5.74, 6) is 0.422. The number of allylic oxidation sites excluding steroid dienone is 2. The molecule has 3 aliphatic carbocycles. The lowest BCUT2D eigenvalue weighted by Crippen LogP contribution is -2.51. The first kappa shape index (κ1) is 10.6. The highest BCUT2D eigenvalue weighted by Crippen LogP contribution is 2.59. The smallest absolute Gasteiger partial charge is 0.156 e. The number of ketones is 2. The van der Waals surface area contributed by atoms with Crippen LogP contribution in [0, 0.1) is 16.7 Å². The van der Waals surface area contributed by atoms with Crippen LogP contribution in [0.3, 0.4) is 0 Å². The van der Waals surface area contributed by atoms with Crippen LogP contribution < -0.4 is 0 Å². The van der Waals surface area contributed by atoms with E-state index in [1.807, 2.05) is 6.08 Å². The van der Waals surface area contributed by atoms with Crippen molar-refractivity contribution < 1.29 is 9.59 Å². The Morgan fingerprint density at radius 3 is 2.53 bits per heavy atom. The molecule has 0 aliphatic heterocycles. The number of hydrogen-bond acceptors (Lipinski definition) is 2. The molecule has 82 valence electrons. The van der Waals surface area contributed by atoms with Crippen LogP contribution in [0.2, 0.25) is 0 Å². The van der Waals surface area contributed by atoms with Gasteiger partial charge < -0.3 is 0 Å². The molecule has 0 saturated heterocycles. The topological polar surface area (TPSA) is 34.1 Å². The largest absolute Gasteiger partial charge is 0.299 e. The van der Waals surface area contributed by atoms with Crippen LogP contribution in [0.4, 0.5) is 0 Å². The number of hydrogen-bond donors (Lipinski definition) is 0. The van der Waals surface area contributed by atoms with Crippen LogP contribution in [0.25, 0.3) is 0 Å². The molecule has 0 spiro atoms. The molecule has 0 aromatic rings. The molecule has 2 bridgehead atoms. The van der Waals surface area contributed by atoms with Gasteiger partial charge in [-0.15, -0.1) is 0 Å². The van der Waals surface area contributed by atoms with Crippen molar-refractivity contribution in [1.29, 1.82) is 0 Å². The monoisotopic (exact) mass is 206 g/mol. The molecule has 0 amide bonds. The summed E-state index contributed by atoms with van der Waals surface area (Å²) in [6, 6.07) is 0. The van der Waals surface area contributed by atoms with Gasteiger partial charge in [0.15, 0.2) is 5.78 Å². The van der Waals surface area contributed by atoms with E-state index >= 15 is 0 Å².